The minimum absolute atomic E-state index is 0.00316. The minimum atomic E-state index is -0.0873. The zero-order chi connectivity index (χ0) is 24.9. The number of aryl methyl sites for hydroxylation is 1. The van der Waals surface area contributed by atoms with Crippen molar-refractivity contribution in [3.8, 4) is 22.9 Å². The maximum Gasteiger partial charge on any atom is 0.254 e. The second-order valence-electron chi connectivity index (χ2n) is 8.86. The molecule has 0 radical (unpaired) electrons. The number of amides is 1. The van der Waals surface area contributed by atoms with Crippen molar-refractivity contribution in [2.24, 2.45) is 7.05 Å². The van der Waals surface area contributed by atoms with Gasteiger partial charge in [0.2, 0.25) is 5.88 Å². The molecule has 3 aromatic carbocycles. The van der Waals surface area contributed by atoms with E-state index in [2.05, 4.69) is 0 Å². The molecular weight excluding hydrogens is 474 g/mol. The number of hydrogen-bond acceptors (Lipinski definition) is 4. The Morgan fingerprint density at radius 1 is 1.06 bits per heavy atom. The summed E-state index contributed by atoms with van der Waals surface area (Å²) >= 11 is 6.08. The van der Waals surface area contributed by atoms with Crippen molar-refractivity contribution < 1.29 is 14.3 Å². The summed E-state index contributed by atoms with van der Waals surface area (Å²) in [5.74, 6) is 1.22. The fourth-order valence-corrected chi connectivity index (χ4v) is 4.60. The van der Waals surface area contributed by atoms with Crippen molar-refractivity contribution in [2.45, 2.75) is 25.5 Å². The Morgan fingerprint density at radius 3 is 2.42 bits per heavy atom. The largest absolute Gasteiger partial charge is 0.439 e. The molecular formula is C29H28ClN3O3. The fourth-order valence-electron chi connectivity index (χ4n) is 4.47. The van der Waals surface area contributed by atoms with Crippen LogP contribution in [0.25, 0.3) is 11.3 Å². The van der Waals surface area contributed by atoms with Gasteiger partial charge in [-0.25, -0.2) is 4.68 Å². The Bertz CT molecular complexity index is 1300. The quantitative estimate of drug-likeness (QED) is 0.282. The zero-order valence-electron chi connectivity index (χ0n) is 20.1. The number of halogens is 1. The van der Waals surface area contributed by atoms with Crippen LogP contribution in [-0.2, 0) is 18.3 Å². The van der Waals surface area contributed by atoms with Crippen molar-refractivity contribution in [1.29, 1.82) is 0 Å². The lowest BCUT2D eigenvalue weighted by Gasteiger charge is -2.26. The smallest absolute Gasteiger partial charge is 0.254 e. The minimum Gasteiger partial charge on any atom is -0.439 e. The highest BCUT2D eigenvalue weighted by atomic mass is 35.5. The first-order chi connectivity index (χ1) is 17.6. The Kier molecular flexibility index (Phi) is 7.35. The molecule has 1 aromatic heterocycles. The Balaban J connectivity index is 1.55. The van der Waals surface area contributed by atoms with Crippen LogP contribution < -0.4 is 4.74 Å². The second-order valence-corrected chi connectivity index (χ2v) is 9.30. The first-order valence-electron chi connectivity index (χ1n) is 12.1. The molecule has 1 atom stereocenters. The molecule has 0 bridgehead atoms. The Morgan fingerprint density at radius 2 is 1.75 bits per heavy atom. The van der Waals surface area contributed by atoms with Crippen LogP contribution in [0.1, 0.15) is 28.8 Å². The highest BCUT2D eigenvalue weighted by molar-refractivity contribution is 6.30. The van der Waals surface area contributed by atoms with Gasteiger partial charge in [-0.3, -0.25) is 4.79 Å². The predicted molar refractivity (Wildman–Crippen MR) is 140 cm³/mol. The molecule has 6 nitrogen and oxygen atoms in total. The average molecular weight is 502 g/mol. The predicted octanol–water partition coefficient (Wildman–Crippen LogP) is 6.35. The number of aromatic nitrogens is 2. The van der Waals surface area contributed by atoms with E-state index in [1.54, 1.807) is 28.9 Å². The molecule has 4 aromatic rings. The number of carbonyl (C=O) groups is 1. The molecule has 2 heterocycles. The van der Waals surface area contributed by atoms with Gasteiger partial charge in [-0.2, -0.15) is 5.10 Å². The standard InChI is InChI=1S/C29H28ClN3O3/c1-32-29(36-24-11-6-3-7-12-24)26(27(31-32)21-9-4-2-5-10-21)20-33(19-25-13-8-18-35-25)28(34)22-14-16-23(30)17-15-22/h2-7,9-12,14-17,25H,8,13,18-20H2,1H3/t25-/m1/s1. The third kappa shape index (κ3) is 5.45. The van der Waals surface area contributed by atoms with Crippen LogP contribution in [0.5, 0.6) is 11.6 Å². The molecule has 1 amide bonds. The first-order valence-corrected chi connectivity index (χ1v) is 12.5. The van der Waals surface area contributed by atoms with Crippen LogP contribution in [0, 0.1) is 0 Å². The average Bonchev–Trinajstić information content (AvgIpc) is 3.53. The van der Waals surface area contributed by atoms with Gasteiger partial charge in [0.15, 0.2) is 0 Å². The van der Waals surface area contributed by atoms with E-state index >= 15 is 0 Å². The lowest BCUT2D eigenvalue weighted by atomic mass is 10.1. The lowest BCUT2D eigenvalue weighted by molar-refractivity contribution is 0.0506. The number of para-hydroxylation sites is 1. The topological polar surface area (TPSA) is 56.6 Å². The van der Waals surface area contributed by atoms with Crippen LogP contribution in [0.4, 0.5) is 0 Å². The number of ether oxygens (including phenoxy) is 2. The van der Waals surface area contributed by atoms with Gasteiger partial charge in [0.25, 0.3) is 5.91 Å². The molecule has 5 rings (SSSR count). The molecule has 7 heteroatoms. The van der Waals surface area contributed by atoms with Gasteiger partial charge in [0, 0.05) is 36.3 Å². The molecule has 0 N–H and O–H groups in total. The molecule has 1 aliphatic heterocycles. The summed E-state index contributed by atoms with van der Waals surface area (Å²) in [6.45, 7) is 1.52. The van der Waals surface area contributed by atoms with Crippen LogP contribution >= 0.6 is 11.6 Å². The third-order valence-corrected chi connectivity index (χ3v) is 6.52. The zero-order valence-corrected chi connectivity index (χ0v) is 20.9. The fraction of sp³-hybridized carbons (Fsp3) is 0.241. The summed E-state index contributed by atoms with van der Waals surface area (Å²) in [5.41, 5.74) is 3.16. The van der Waals surface area contributed by atoms with Gasteiger partial charge in [0.05, 0.1) is 18.2 Å². The summed E-state index contributed by atoms with van der Waals surface area (Å²) < 4.78 is 14.0. The van der Waals surface area contributed by atoms with E-state index in [-0.39, 0.29) is 12.0 Å². The van der Waals surface area contributed by atoms with E-state index in [0.717, 1.165) is 36.3 Å². The number of rotatable bonds is 8. The van der Waals surface area contributed by atoms with Gasteiger partial charge in [0.1, 0.15) is 11.4 Å². The maximum atomic E-state index is 13.7. The highest BCUT2D eigenvalue weighted by Crippen LogP contribution is 2.34. The Hall–Kier alpha value is -3.61. The third-order valence-electron chi connectivity index (χ3n) is 6.27. The van der Waals surface area contributed by atoms with Gasteiger partial charge in [-0.1, -0.05) is 60.1 Å². The summed E-state index contributed by atoms with van der Waals surface area (Å²) in [6.07, 6.45) is 1.92. The molecule has 1 fully saturated rings. The van der Waals surface area contributed by atoms with E-state index in [0.29, 0.717) is 35.3 Å². The van der Waals surface area contributed by atoms with Crippen LogP contribution in [-0.4, -0.2) is 39.8 Å². The second kappa shape index (κ2) is 11.0. The SMILES string of the molecule is Cn1nc(-c2ccccc2)c(CN(C[C@H]2CCCO2)C(=O)c2ccc(Cl)cc2)c1Oc1ccccc1. The van der Waals surface area contributed by atoms with E-state index in [4.69, 9.17) is 26.2 Å². The molecule has 36 heavy (non-hydrogen) atoms. The molecule has 0 saturated carbocycles. The molecule has 1 saturated heterocycles. The number of hydrogen-bond donors (Lipinski definition) is 0. The van der Waals surface area contributed by atoms with Crippen molar-refractivity contribution in [2.75, 3.05) is 13.2 Å². The summed E-state index contributed by atoms with van der Waals surface area (Å²) in [4.78, 5) is 15.6. The van der Waals surface area contributed by atoms with Crippen molar-refractivity contribution >= 4 is 17.5 Å². The summed E-state index contributed by atoms with van der Waals surface area (Å²) in [7, 11) is 1.86. The van der Waals surface area contributed by atoms with E-state index in [1.165, 1.54) is 0 Å². The van der Waals surface area contributed by atoms with Crippen LogP contribution in [0.3, 0.4) is 0 Å². The van der Waals surface area contributed by atoms with Crippen LogP contribution in [0.15, 0.2) is 84.9 Å². The maximum absolute atomic E-state index is 13.7. The number of nitrogens with zero attached hydrogens (tertiary/aromatic N) is 3. The monoisotopic (exact) mass is 501 g/mol. The molecule has 1 aliphatic rings. The van der Waals surface area contributed by atoms with E-state index < -0.39 is 0 Å². The van der Waals surface area contributed by atoms with Crippen molar-refractivity contribution in [3.63, 3.8) is 0 Å². The van der Waals surface area contributed by atoms with Crippen molar-refractivity contribution in [3.05, 3.63) is 101 Å². The van der Waals surface area contributed by atoms with Crippen LogP contribution in [0.2, 0.25) is 5.02 Å². The molecule has 0 spiro atoms. The first kappa shape index (κ1) is 24.1. The van der Waals surface area contributed by atoms with Gasteiger partial charge >= 0.3 is 0 Å². The normalized spacial score (nSPS) is 15.1. The summed E-state index contributed by atoms with van der Waals surface area (Å²) in [5, 5.41) is 5.40. The Labute approximate surface area is 216 Å². The van der Waals surface area contributed by atoms with Crippen molar-refractivity contribution in [1.82, 2.24) is 14.7 Å². The van der Waals surface area contributed by atoms with E-state index in [9.17, 15) is 4.79 Å². The number of benzene rings is 3. The van der Waals surface area contributed by atoms with Gasteiger partial charge in [-0.15, -0.1) is 0 Å². The van der Waals surface area contributed by atoms with E-state index in [1.807, 2.05) is 72.6 Å². The highest BCUT2D eigenvalue weighted by Gasteiger charge is 2.28. The molecule has 0 aliphatic carbocycles. The van der Waals surface area contributed by atoms with Gasteiger partial charge in [-0.05, 0) is 49.2 Å². The molecule has 184 valence electrons. The lowest BCUT2D eigenvalue weighted by Crippen LogP contribution is -2.37. The number of carbonyl (C=O) groups excluding carboxylic acids is 1. The molecule has 0 unspecified atom stereocenters. The van der Waals surface area contributed by atoms with Gasteiger partial charge < -0.3 is 14.4 Å². The summed E-state index contributed by atoms with van der Waals surface area (Å²) in [6, 6.07) is 26.6.